The lowest BCUT2D eigenvalue weighted by Crippen LogP contribution is -2.52. The van der Waals surface area contributed by atoms with Crippen LogP contribution in [0.2, 0.25) is 0 Å². The summed E-state index contributed by atoms with van der Waals surface area (Å²) in [6.07, 6.45) is 6.17. The molecule has 1 aromatic carbocycles. The lowest BCUT2D eigenvalue weighted by atomic mass is 9.81. The van der Waals surface area contributed by atoms with Crippen molar-refractivity contribution in [3.05, 3.63) is 77.1 Å². The summed E-state index contributed by atoms with van der Waals surface area (Å²) in [4.78, 5) is 55.5. The molecular formula is C40H58N6O5S. The van der Waals surface area contributed by atoms with E-state index in [2.05, 4.69) is 9.97 Å². The van der Waals surface area contributed by atoms with E-state index in [1.165, 1.54) is 17.8 Å². The summed E-state index contributed by atoms with van der Waals surface area (Å²) in [5.41, 5.74) is 8.32. The van der Waals surface area contributed by atoms with Crippen LogP contribution in [-0.4, -0.2) is 91.0 Å². The number of amides is 3. The predicted molar refractivity (Wildman–Crippen MR) is 205 cm³/mol. The van der Waals surface area contributed by atoms with Gasteiger partial charge in [0, 0.05) is 50.1 Å². The molecule has 3 aromatic rings. The summed E-state index contributed by atoms with van der Waals surface area (Å²) in [5, 5.41) is 25.0. The second kappa shape index (κ2) is 20.4. The largest absolute Gasteiger partial charge is 0.390 e. The van der Waals surface area contributed by atoms with Gasteiger partial charge in [-0.15, -0.1) is 11.3 Å². The first-order valence-corrected chi connectivity index (χ1v) is 19.6. The summed E-state index contributed by atoms with van der Waals surface area (Å²) in [7, 11) is 1.72. The molecule has 2 aromatic heterocycles. The van der Waals surface area contributed by atoms with Gasteiger partial charge in [0.05, 0.1) is 30.4 Å². The van der Waals surface area contributed by atoms with Crippen LogP contribution in [0.25, 0.3) is 0 Å². The number of aromatic nitrogens is 2. The number of nitrogens with zero attached hydrogens (tertiary/aromatic N) is 5. The Balaban J connectivity index is 1.54. The maximum atomic E-state index is 14.3. The highest BCUT2D eigenvalue weighted by Crippen LogP contribution is 2.32. The summed E-state index contributed by atoms with van der Waals surface area (Å²) < 4.78 is 0. The standard InChI is InChI=1S/C40H58N6O5S/c1-28(2)23-35(47)39(51)34(24-30-13-7-5-8-14-30)46(25-33-27-52-40(41)43-33)37(49)19-18-36(48)45(29(3)31-15-9-6-10-16-31)26-38(50)44(4)22-20-32-17-11-12-21-42-32/h6,9-12,15-17,21,27-30,34-35,39,47,51H,5,7-8,13-14,18-20,22-26H2,1-4H3,(H2,41,43)/t29-,34-,35-,39+/m0/s1. The van der Waals surface area contributed by atoms with Gasteiger partial charge in [0.15, 0.2) is 5.13 Å². The highest BCUT2D eigenvalue weighted by atomic mass is 32.1. The van der Waals surface area contributed by atoms with Gasteiger partial charge in [0.2, 0.25) is 17.7 Å². The molecule has 1 aliphatic rings. The quantitative estimate of drug-likeness (QED) is 0.143. The second-order valence-corrected chi connectivity index (χ2v) is 15.6. The number of hydrogen-bond donors (Lipinski definition) is 3. The van der Waals surface area contributed by atoms with Crippen LogP contribution in [0.3, 0.4) is 0 Å². The van der Waals surface area contributed by atoms with Crippen LogP contribution >= 0.6 is 11.3 Å². The molecule has 1 saturated carbocycles. The van der Waals surface area contributed by atoms with E-state index >= 15 is 0 Å². The van der Waals surface area contributed by atoms with Gasteiger partial charge in [0.25, 0.3) is 0 Å². The zero-order valence-electron chi connectivity index (χ0n) is 31.3. The normalized spacial score (nSPS) is 15.8. The molecule has 11 nitrogen and oxygen atoms in total. The molecule has 0 aliphatic heterocycles. The first-order chi connectivity index (χ1) is 24.9. The number of anilines is 1. The van der Waals surface area contributed by atoms with E-state index in [1.807, 2.05) is 69.3 Å². The topological polar surface area (TPSA) is 153 Å². The number of pyridine rings is 1. The minimum atomic E-state index is -1.17. The van der Waals surface area contributed by atoms with Crippen molar-refractivity contribution < 1.29 is 24.6 Å². The van der Waals surface area contributed by atoms with Gasteiger partial charge in [-0.05, 0) is 49.3 Å². The van der Waals surface area contributed by atoms with Gasteiger partial charge in [-0.1, -0.05) is 82.3 Å². The number of carbonyl (C=O) groups is 3. The molecule has 52 heavy (non-hydrogen) atoms. The highest BCUT2D eigenvalue weighted by Gasteiger charge is 2.37. The predicted octanol–water partition coefficient (Wildman–Crippen LogP) is 5.63. The summed E-state index contributed by atoms with van der Waals surface area (Å²) in [6, 6.07) is 14.1. The Morgan fingerprint density at radius 2 is 1.58 bits per heavy atom. The maximum Gasteiger partial charge on any atom is 0.241 e. The minimum absolute atomic E-state index is 0.104. The van der Waals surface area contributed by atoms with Crippen molar-refractivity contribution in [2.75, 3.05) is 25.9 Å². The summed E-state index contributed by atoms with van der Waals surface area (Å²) in [6.45, 7) is 6.27. The molecule has 4 rings (SSSR count). The fraction of sp³-hybridized carbons (Fsp3) is 0.575. The van der Waals surface area contributed by atoms with Gasteiger partial charge >= 0.3 is 0 Å². The summed E-state index contributed by atoms with van der Waals surface area (Å²) in [5.74, 6) is -0.397. The summed E-state index contributed by atoms with van der Waals surface area (Å²) >= 11 is 1.28. The Bertz CT molecular complexity index is 1530. The molecule has 0 bridgehead atoms. The molecule has 1 fully saturated rings. The third-order valence-corrected chi connectivity index (χ3v) is 10.9. The first kappa shape index (κ1) is 40.9. The number of likely N-dealkylation sites (N-methyl/N-ethyl adjacent to an activating group) is 1. The third-order valence-electron chi connectivity index (χ3n) is 10.2. The van der Waals surface area contributed by atoms with E-state index in [1.54, 1.807) is 33.3 Å². The van der Waals surface area contributed by atoms with Gasteiger partial charge in [-0.3, -0.25) is 19.4 Å². The average Bonchev–Trinajstić information content (AvgIpc) is 3.57. The molecule has 0 radical (unpaired) electrons. The number of rotatable bonds is 19. The van der Waals surface area contributed by atoms with Gasteiger partial charge in [-0.25, -0.2) is 4.98 Å². The molecule has 284 valence electrons. The number of carbonyl (C=O) groups excluding carboxylic acids is 3. The van der Waals surface area contributed by atoms with Crippen LogP contribution in [0.1, 0.15) is 102 Å². The Morgan fingerprint density at radius 3 is 2.19 bits per heavy atom. The average molecular weight is 735 g/mol. The van der Waals surface area contributed by atoms with Gasteiger partial charge in [0.1, 0.15) is 12.6 Å². The molecule has 0 unspecified atom stereocenters. The van der Waals surface area contributed by atoms with Crippen LogP contribution < -0.4 is 5.73 Å². The Morgan fingerprint density at radius 1 is 0.904 bits per heavy atom. The van der Waals surface area contributed by atoms with E-state index < -0.39 is 24.3 Å². The van der Waals surface area contributed by atoms with E-state index in [0.29, 0.717) is 42.6 Å². The van der Waals surface area contributed by atoms with Crippen molar-refractivity contribution in [1.82, 2.24) is 24.7 Å². The number of benzene rings is 1. The van der Waals surface area contributed by atoms with Crippen LogP contribution in [0, 0.1) is 11.8 Å². The molecule has 4 N–H and O–H groups in total. The van der Waals surface area contributed by atoms with Crippen LogP contribution in [0.15, 0.2) is 60.1 Å². The minimum Gasteiger partial charge on any atom is -0.390 e. The zero-order valence-corrected chi connectivity index (χ0v) is 32.1. The van der Waals surface area contributed by atoms with Crippen molar-refractivity contribution in [3.8, 4) is 0 Å². The van der Waals surface area contributed by atoms with Crippen LogP contribution in [-0.2, 0) is 27.3 Å². The maximum absolute atomic E-state index is 14.3. The molecule has 3 amide bonds. The van der Waals surface area contributed by atoms with Crippen LogP contribution in [0.5, 0.6) is 0 Å². The second-order valence-electron chi connectivity index (χ2n) is 14.7. The zero-order chi connectivity index (χ0) is 37.6. The number of aliphatic hydroxyl groups is 2. The highest BCUT2D eigenvalue weighted by molar-refractivity contribution is 7.13. The number of thiazole rings is 1. The van der Waals surface area contributed by atoms with E-state index in [4.69, 9.17) is 5.73 Å². The van der Waals surface area contributed by atoms with E-state index in [9.17, 15) is 24.6 Å². The molecule has 4 atom stereocenters. The Hall–Kier alpha value is -3.87. The molecule has 0 spiro atoms. The molecule has 12 heteroatoms. The fourth-order valence-corrected chi connectivity index (χ4v) is 7.68. The molecule has 2 heterocycles. The first-order valence-electron chi connectivity index (χ1n) is 18.8. The van der Waals surface area contributed by atoms with Crippen molar-refractivity contribution in [3.63, 3.8) is 0 Å². The number of nitrogen functional groups attached to an aromatic ring is 1. The number of nitrogens with two attached hydrogens (primary N) is 1. The van der Waals surface area contributed by atoms with Crippen molar-refractivity contribution >= 4 is 34.2 Å². The monoisotopic (exact) mass is 734 g/mol. The van der Waals surface area contributed by atoms with E-state index in [-0.39, 0.29) is 49.6 Å². The van der Waals surface area contributed by atoms with Crippen LogP contribution in [0.4, 0.5) is 5.13 Å². The number of hydrogen-bond acceptors (Lipinski definition) is 9. The van der Waals surface area contributed by atoms with Crippen molar-refractivity contribution in [2.24, 2.45) is 11.8 Å². The van der Waals surface area contributed by atoms with Crippen molar-refractivity contribution in [1.29, 1.82) is 0 Å². The number of aliphatic hydroxyl groups excluding tert-OH is 2. The molecule has 0 saturated heterocycles. The SMILES string of the molecule is CC(C)C[C@H](O)[C@H](O)[C@H](CC1CCCCC1)N(Cc1csc(N)n1)C(=O)CCC(=O)N(CC(=O)N(C)CCc1ccccn1)[C@@H](C)c1ccccc1. The smallest absolute Gasteiger partial charge is 0.241 e. The van der Waals surface area contributed by atoms with Crippen molar-refractivity contribution in [2.45, 2.75) is 116 Å². The van der Waals surface area contributed by atoms with E-state index in [0.717, 1.165) is 36.9 Å². The van der Waals surface area contributed by atoms with Gasteiger partial charge in [-0.2, -0.15) is 0 Å². The lowest BCUT2D eigenvalue weighted by molar-refractivity contribution is -0.146. The van der Waals surface area contributed by atoms with Gasteiger partial charge < -0.3 is 30.6 Å². The lowest BCUT2D eigenvalue weighted by Gasteiger charge is -2.39. The molecular weight excluding hydrogens is 677 g/mol. The Labute approximate surface area is 313 Å². The Kier molecular flexibility index (Phi) is 16.0. The molecule has 1 aliphatic carbocycles. The fourth-order valence-electron chi connectivity index (χ4n) is 7.13. The third kappa shape index (κ3) is 12.4.